The van der Waals surface area contributed by atoms with Gasteiger partial charge in [-0.1, -0.05) is 41.6 Å². The zero-order valence-corrected chi connectivity index (χ0v) is 11.2. The first kappa shape index (κ1) is 12.7. The van der Waals surface area contributed by atoms with Crippen molar-refractivity contribution in [3.63, 3.8) is 0 Å². The van der Waals surface area contributed by atoms with Gasteiger partial charge in [0.05, 0.1) is 6.07 Å². The number of aryl methyl sites for hydroxylation is 1. The first-order chi connectivity index (χ1) is 8.79. The van der Waals surface area contributed by atoms with Crippen LogP contribution in [0.25, 0.3) is 0 Å². The summed E-state index contributed by atoms with van der Waals surface area (Å²) in [6, 6.07) is 10.7. The van der Waals surface area contributed by atoms with Crippen LogP contribution in [0.1, 0.15) is 17.5 Å². The van der Waals surface area contributed by atoms with Crippen molar-refractivity contribution >= 4 is 11.8 Å². The van der Waals surface area contributed by atoms with E-state index >= 15 is 0 Å². The summed E-state index contributed by atoms with van der Waals surface area (Å²) in [6.07, 6.45) is 4.35. The van der Waals surface area contributed by atoms with Crippen molar-refractivity contribution in [3.8, 4) is 6.07 Å². The monoisotopic (exact) mass is 257 g/mol. The second kappa shape index (κ2) is 6.27. The molecule has 2 rings (SSSR count). The Morgan fingerprint density at radius 2 is 2.11 bits per heavy atom. The topological polar surface area (TPSA) is 41.6 Å². The van der Waals surface area contributed by atoms with Gasteiger partial charge in [-0.3, -0.25) is 0 Å². The Morgan fingerprint density at radius 3 is 2.83 bits per heavy atom. The van der Waals surface area contributed by atoms with Gasteiger partial charge in [0.1, 0.15) is 0 Å². The number of benzene rings is 1. The molecular weight excluding hydrogens is 242 g/mol. The highest BCUT2D eigenvalue weighted by Gasteiger charge is 2.03. The molecule has 4 heteroatoms. The second-order valence-electron chi connectivity index (χ2n) is 4.08. The van der Waals surface area contributed by atoms with Crippen molar-refractivity contribution in [2.24, 2.45) is 0 Å². The average molecular weight is 257 g/mol. The standard InChI is InChI=1S/C14H15N3S/c1-12-3-5-13(6-4-12)11-17-9-8-16-14(17)18-10-2-7-15/h3-6,8-9H,2,10-11H2,1H3. The first-order valence-corrected chi connectivity index (χ1v) is 6.84. The van der Waals surface area contributed by atoms with E-state index in [2.05, 4.69) is 46.8 Å². The van der Waals surface area contributed by atoms with Crippen LogP contribution >= 0.6 is 11.8 Å². The van der Waals surface area contributed by atoms with Crippen LogP contribution in [0.4, 0.5) is 0 Å². The second-order valence-corrected chi connectivity index (χ2v) is 5.14. The van der Waals surface area contributed by atoms with Crippen LogP contribution in [0.15, 0.2) is 41.8 Å². The van der Waals surface area contributed by atoms with E-state index in [0.29, 0.717) is 6.42 Å². The Balaban J connectivity index is 2.03. The fraction of sp³-hybridized carbons (Fsp3) is 0.286. The van der Waals surface area contributed by atoms with Crippen molar-refractivity contribution in [2.75, 3.05) is 5.75 Å². The molecule has 0 fully saturated rings. The van der Waals surface area contributed by atoms with Crippen molar-refractivity contribution in [3.05, 3.63) is 47.8 Å². The highest BCUT2D eigenvalue weighted by molar-refractivity contribution is 7.99. The summed E-state index contributed by atoms with van der Waals surface area (Å²) in [5.74, 6) is 0.793. The zero-order chi connectivity index (χ0) is 12.8. The Morgan fingerprint density at radius 1 is 1.33 bits per heavy atom. The van der Waals surface area contributed by atoms with Gasteiger partial charge >= 0.3 is 0 Å². The van der Waals surface area contributed by atoms with Gasteiger partial charge in [-0.25, -0.2) is 4.98 Å². The van der Waals surface area contributed by atoms with E-state index in [0.717, 1.165) is 17.5 Å². The van der Waals surface area contributed by atoms with E-state index in [1.54, 1.807) is 11.8 Å². The maximum Gasteiger partial charge on any atom is 0.168 e. The number of imidazole rings is 1. The summed E-state index contributed by atoms with van der Waals surface area (Å²) in [5.41, 5.74) is 2.54. The van der Waals surface area contributed by atoms with Gasteiger partial charge in [-0.15, -0.1) is 0 Å². The Bertz CT molecular complexity index is 537. The molecule has 18 heavy (non-hydrogen) atoms. The van der Waals surface area contributed by atoms with Crippen LogP contribution in [0, 0.1) is 18.3 Å². The highest BCUT2D eigenvalue weighted by atomic mass is 32.2. The number of thioether (sulfide) groups is 1. The molecule has 0 aliphatic carbocycles. The van der Waals surface area contributed by atoms with Crippen LogP contribution in [-0.2, 0) is 6.54 Å². The minimum Gasteiger partial charge on any atom is -0.322 e. The van der Waals surface area contributed by atoms with Crippen molar-refractivity contribution in [1.82, 2.24) is 9.55 Å². The Hall–Kier alpha value is -1.73. The number of hydrogen-bond acceptors (Lipinski definition) is 3. The average Bonchev–Trinajstić information content (AvgIpc) is 2.80. The van der Waals surface area contributed by atoms with Crippen LogP contribution in [0.3, 0.4) is 0 Å². The molecule has 92 valence electrons. The molecule has 0 radical (unpaired) electrons. The molecule has 0 bridgehead atoms. The van der Waals surface area contributed by atoms with Gasteiger partial charge in [-0.05, 0) is 12.5 Å². The minimum atomic E-state index is 0.558. The predicted octanol–water partition coefficient (Wildman–Crippen LogP) is 3.25. The quantitative estimate of drug-likeness (QED) is 0.610. The molecule has 0 aliphatic heterocycles. The van der Waals surface area contributed by atoms with Crippen LogP contribution in [0.2, 0.25) is 0 Å². The maximum atomic E-state index is 8.53. The van der Waals surface area contributed by atoms with Crippen molar-refractivity contribution < 1.29 is 0 Å². The number of hydrogen-bond donors (Lipinski definition) is 0. The molecule has 0 saturated carbocycles. The Kier molecular flexibility index (Phi) is 4.43. The van der Waals surface area contributed by atoms with E-state index in [4.69, 9.17) is 5.26 Å². The highest BCUT2D eigenvalue weighted by Crippen LogP contribution is 2.18. The molecule has 0 spiro atoms. The van der Waals surface area contributed by atoms with E-state index in [9.17, 15) is 0 Å². The molecule has 0 atom stereocenters. The summed E-state index contributed by atoms with van der Waals surface area (Å²) in [5, 5.41) is 9.51. The lowest BCUT2D eigenvalue weighted by molar-refractivity contribution is 0.708. The van der Waals surface area contributed by atoms with Gasteiger partial charge in [0, 0.05) is 31.1 Å². The minimum absolute atomic E-state index is 0.558. The third-order valence-corrected chi connectivity index (χ3v) is 3.60. The van der Waals surface area contributed by atoms with Crippen molar-refractivity contribution in [1.29, 1.82) is 5.26 Å². The molecule has 0 unspecified atom stereocenters. The fourth-order valence-electron chi connectivity index (χ4n) is 1.63. The summed E-state index contributed by atoms with van der Waals surface area (Å²) < 4.78 is 2.12. The molecule has 0 saturated heterocycles. The summed E-state index contributed by atoms with van der Waals surface area (Å²) >= 11 is 1.63. The molecule has 1 aromatic carbocycles. The number of nitrogens with zero attached hydrogens (tertiary/aromatic N) is 3. The lowest BCUT2D eigenvalue weighted by Crippen LogP contribution is -2.00. The molecule has 1 aromatic heterocycles. The van der Waals surface area contributed by atoms with Gasteiger partial charge in [0.25, 0.3) is 0 Å². The number of rotatable bonds is 5. The predicted molar refractivity (Wildman–Crippen MR) is 73.5 cm³/mol. The SMILES string of the molecule is Cc1ccc(Cn2ccnc2SCCC#N)cc1. The largest absolute Gasteiger partial charge is 0.322 e. The van der Waals surface area contributed by atoms with Gasteiger partial charge in [0.2, 0.25) is 0 Å². The summed E-state index contributed by atoms with van der Waals surface area (Å²) in [7, 11) is 0. The summed E-state index contributed by atoms with van der Waals surface area (Å²) in [4.78, 5) is 4.32. The summed E-state index contributed by atoms with van der Waals surface area (Å²) in [6.45, 7) is 2.92. The normalized spacial score (nSPS) is 10.2. The molecule has 0 amide bonds. The molecule has 0 N–H and O–H groups in total. The lowest BCUT2D eigenvalue weighted by atomic mass is 10.1. The smallest absolute Gasteiger partial charge is 0.168 e. The maximum absolute atomic E-state index is 8.53. The number of aromatic nitrogens is 2. The number of nitriles is 1. The van der Waals surface area contributed by atoms with Crippen LogP contribution in [0.5, 0.6) is 0 Å². The van der Waals surface area contributed by atoms with E-state index < -0.39 is 0 Å². The van der Waals surface area contributed by atoms with Crippen molar-refractivity contribution in [2.45, 2.75) is 25.0 Å². The Labute approximate surface area is 111 Å². The van der Waals surface area contributed by atoms with E-state index in [1.165, 1.54) is 11.1 Å². The van der Waals surface area contributed by atoms with Gasteiger partial charge in [-0.2, -0.15) is 5.26 Å². The molecule has 1 heterocycles. The molecule has 0 aliphatic rings. The first-order valence-electron chi connectivity index (χ1n) is 5.86. The van der Waals surface area contributed by atoms with Crippen LogP contribution in [-0.4, -0.2) is 15.3 Å². The zero-order valence-electron chi connectivity index (χ0n) is 10.3. The molecule has 3 nitrogen and oxygen atoms in total. The molecular formula is C14H15N3S. The van der Waals surface area contributed by atoms with Gasteiger partial charge < -0.3 is 4.57 Å². The van der Waals surface area contributed by atoms with Gasteiger partial charge in [0.15, 0.2) is 5.16 Å². The fourth-order valence-corrected chi connectivity index (χ4v) is 2.44. The lowest BCUT2D eigenvalue weighted by Gasteiger charge is -2.07. The van der Waals surface area contributed by atoms with Crippen LogP contribution < -0.4 is 0 Å². The third-order valence-electron chi connectivity index (χ3n) is 2.60. The van der Waals surface area contributed by atoms with E-state index in [-0.39, 0.29) is 0 Å². The molecule has 2 aromatic rings. The third kappa shape index (κ3) is 3.38. The van der Waals surface area contributed by atoms with E-state index in [1.807, 2.05) is 12.4 Å².